The lowest BCUT2D eigenvalue weighted by atomic mass is 10.1. The van der Waals surface area contributed by atoms with E-state index in [1.54, 1.807) is 0 Å². The summed E-state index contributed by atoms with van der Waals surface area (Å²) in [4.78, 5) is 0. The van der Waals surface area contributed by atoms with Crippen molar-refractivity contribution in [1.82, 2.24) is 0 Å². The molecule has 0 aromatic rings. The Morgan fingerprint density at radius 3 is 1.75 bits per heavy atom. The van der Waals surface area contributed by atoms with Crippen LogP contribution < -0.4 is 0 Å². The van der Waals surface area contributed by atoms with E-state index in [1.807, 2.05) is 0 Å². The topological polar surface area (TPSA) is 0 Å². The van der Waals surface area contributed by atoms with Crippen LogP contribution in [0.4, 0.5) is 0 Å². The second kappa shape index (κ2) is 15.4. The van der Waals surface area contributed by atoms with Gasteiger partial charge in [-0.25, -0.2) is 0 Å². The van der Waals surface area contributed by atoms with Gasteiger partial charge in [0.15, 0.2) is 0 Å². The Kier molecular flexibility index (Phi) is 15.7. The van der Waals surface area contributed by atoms with Crippen molar-refractivity contribution in [2.24, 2.45) is 0 Å². The molecule has 1 radical (unpaired) electrons. The average Bonchev–Trinajstić information content (AvgIpc) is 2.31. The zero-order valence-corrected chi connectivity index (χ0v) is 12.1. The van der Waals surface area contributed by atoms with Crippen LogP contribution in [0.5, 0.6) is 0 Å². The van der Waals surface area contributed by atoms with E-state index in [0.717, 1.165) is 6.42 Å². The van der Waals surface area contributed by atoms with Crippen molar-refractivity contribution in [2.75, 3.05) is 11.5 Å². The third kappa shape index (κ3) is 14.4. The van der Waals surface area contributed by atoms with Gasteiger partial charge < -0.3 is 0 Å². The highest BCUT2D eigenvalue weighted by Gasteiger charge is 1.92. The Morgan fingerprint density at radius 1 is 0.688 bits per heavy atom. The standard InChI is InChI=1S/C15H31S/c1-3-5-7-8-9-10-11-12-13-15-16-14-6-4-2/h2-15H2,1H3. The van der Waals surface area contributed by atoms with Crippen molar-refractivity contribution < 1.29 is 0 Å². The maximum Gasteiger partial charge on any atom is -0.00675 e. The predicted molar refractivity (Wildman–Crippen MR) is 79.1 cm³/mol. The van der Waals surface area contributed by atoms with Crippen LogP contribution in [0.25, 0.3) is 0 Å². The molecule has 0 saturated carbocycles. The highest BCUT2D eigenvalue weighted by Crippen LogP contribution is 2.12. The third-order valence-electron chi connectivity index (χ3n) is 2.93. The summed E-state index contributed by atoms with van der Waals surface area (Å²) in [6.45, 7) is 6.15. The number of thioether (sulfide) groups is 1. The first-order valence-corrected chi connectivity index (χ1v) is 8.44. The number of rotatable bonds is 13. The summed E-state index contributed by atoms with van der Waals surface area (Å²) in [5.74, 6) is 2.69. The largest absolute Gasteiger partial charge is 0.162 e. The van der Waals surface area contributed by atoms with Crippen LogP contribution >= 0.6 is 11.8 Å². The molecule has 97 valence electrons. The molecule has 0 unspecified atom stereocenters. The maximum absolute atomic E-state index is 3.86. The van der Waals surface area contributed by atoms with Crippen molar-refractivity contribution in [3.05, 3.63) is 6.92 Å². The van der Waals surface area contributed by atoms with Crippen molar-refractivity contribution in [3.63, 3.8) is 0 Å². The van der Waals surface area contributed by atoms with E-state index in [-0.39, 0.29) is 0 Å². The maximum atomic E-state index is 3.86. The molecule has 0 amide bonds. The van der Waals surface area contributed by atoms with Gasteiger partial charge in [-0.05, 0) is 24.3 Å². The molecular weight excluding hydrogens is 212 g/mol. The SMILES string of the molecule is [CH2]CCCSCCCCCCCCCCC. The zero-order valence-electron chi connectivity index (χ0n) is 11.3. The van der Waals surface area contributed by atoms with Gasteiger partial charge in [0, 0.05) is 0 Å². The highest BCUT2D eigenvalue weighted by atomic mass is 32.2. The van der Waals surface area contributed by atoms with Gasteiger partial charge in [0.25, 0.3) is 0 Å². The molecular formula is C15H31S. The number of unbranched alkanes of at least 4 members (excludes halogenated alkanes) is 9. The van der Waals surface area contributed by atoms with Crippen LogP contribution in [0, 0.1) is 6.92 Å². The molecule has 1 heteroatoms. The molecule has 0 spiro atoms. The third-order valence-corrected chi connectivity index (χ3v) is 4.09. The molecule has 0 fully saturated rings. The number of hydrogen-bond acceptors (Lipinski definition) is 1. The van der Waals surface area contributed by atoms with Gasteiger partial charge >= 0.3 is 0 Å². The summed E-state index contributed by atoms with van der Waals surface area (Å²) in [5.41, 5.74) is 0. The lowest BCUT2D eigenvalue weighted by molar-refractivity contribution is 0.573. The van der Waals surface area contributed by atoms with Crippen molar-refractivity contribution in [1.29, 1.82) is 0 Å². The van der Waals surface area contributed by atoms with E-state index in [4.69, 9.17) is 0 Å². The lowest BCUT2D eigenvalue weighted by Gasteiger charge is -2.02. The molecule has 0 bridgehead atoms. The summed E-state index contributed by atoms with van der Waals surface area (Å²) < 4.78 is 0. The molecule has 0 aromatic carbocycles. The van der Waals surface area contributed by atoms with Gasteiger partial charge in [-0.2, -0.15) is 11.8 Å². The minimum Gasteiger partial charge on any atom is -0.162 e. The summed E-state index contributed by atoms with van der Waals surface area (Å²) in [6.07, 6.45) is 15.4. The first-order valence-electron chi connectivity index (χ1n) is 7.28. The van der Waals surface area contributed by atoms with Crippen LogP contribution in [0.3, 0.4) is 0 Å². The van der Waals surface area contributed by atoms with Crippen LogP contribution in [-0.4, -0.2) is 11.5 Å². The Hall–Kier alpha value is 0.350. The molecule has 0 N–H and O–H groups in total. The Labute approximate surface area is 108 Å². The molecule has 0 saturated heterocycles. The van der Waals surface area contributed by atoms with Gasteiger partial charge in [-0.15, -0.1) is 0 Å². The van der Waals surface area contributed by atoms with E-state index in [9.17, 15) is 0 Å². The van der Waals surface area contributed by atoms with Gasteiger partial charge in [0.1, 0.15) is 0 Å². The minimum atomic E-state index is 1.10. The highest BCUT2D eigenvalue weighted by molar-refractivity contribution is 7.99. The molecule has 0 aliphatic heterocycles. The molecule has 16 heavy (non-hydrogen) atoms. The van der Waals surface area contributed by atoms with E-state index in [2.05, 4.69) is 25.6 Å². The molecule has 0 atom stereocenters. The predicted octanol–water partition coefficient (Wildman–Crippen LogP) is 5.86. The van der Waals surface area contributed by atoms with Gasteiger partial charge in [0.2, 0.25) is 0 Å². The summed E-state index contributed by atoms with van der Waals surface area (Å²) in [7, 11) is 0. The average molecular weight is 243 g/mol. The van der Waals surface area contributed by atoms with E-state index < -0.39 is 0 Å². The first kappa shape index (κ1) is 16.4. The van der Waals surface area contributed by atoms with E-state index in [0.29, 0.717) is 0 Å². The van der Waals surface area contributed by atoms with Crippen LogP contribution in [0.15, 0.2) is 0 Å². The van der Waals surface area contributed by atoms with Gasteiger partial charge in [0.05, 0.1) is 0 Å². The smallest absolute Gasteiger partial charge is 0.00675 e. The molecule has 0 heterocycles. The fourth-order valence-electron chi connectivity index (χ4n) is 1.82. The van der Waals surface area contributed by atoms with Crippen LogP contribution in [0.1, 0.15) is 77.6 Å². The molecule has 0 aliphatic rings. The fourth-order valence-corrected chi connectivity index (χ4v) is 2.84. The second-order valence-corrected chi connectivity index (χ2v) is 5.87. The fraction of sp³-hybridized carbons (Fsp3) is 0.933. The monoisotopic (exact) mass is 243 g/mol. The summed E-state index contributed by atoms with van der Waals surface area (Å²) >= 11 is 2.11. The summed E-state index contributed by atoms with van der Waals surface area (Å²) in [6, 6.07) is 0. The normalized spacial score (nSPS) is 10.9. The van der Waals surface area contributed by atoms with Crippen molar-refractivity contribution in [2.45, 2.75) is 77.6 Å². The Morgan fingerprint density at radius 2 is 1.19 bits per heavy atom. The second-order valence-electron chi connectivity index (χ2n) is 4.65. The molecule has 0 rings (SSSR count). The van der Waals surface area contributed by atoms with E-state index in [1.165, 1.54) is 75.7 Å². The molecule has 0 aliphatic carbocycles. The van der Waals surface area contributed by atoms with Gasteiger partial charge in [-0.3, -0.25) is 0 Å². The molecule has 0 aromatic heterocycles. The first-order chi connectivity index (χ1) is 7.91. The van der Waals surface area contributed by atoms with Gasteiger partial charge in [-0.1, -0.05) is 71.6 Å². The Balaban J connectivity index is 2.83. The van der Waals surface area contributed by atoms with Crippen molar-refractivity contribution >= 4 is 11.8 Å². The van der Waals surface area contributed by atoms with E-state index >= 15 is 0 Å². The van der Waals surface area contributed by atoms with Crippen LogP contribution in [0.2, 0.25) is 0 Å². The lowest BCUT2D eigenvalue weighted by Crippen LogP contribution is -1.85. The molecule has 0 nitrogen and oxygen atoms in total. The quantitative estimate of drug-likeness (QED) is 0.365. The zero-order chi connectivity index (χ0) is 11.9. The number of hydrogen-bond donors (Lipinski definition) is 0. The van der Waals surface area contributed by atoms with Crippen LogP contribution in [-0.2, 0) is 0 Å². The van der Waals surface area contributed by atoms with Crippen molar-refractivity contribution in [3.8, 4) is 0 Å². The summed E-state index contributed by atoms with van der Waals surface area (Å²) in [5, 5.41) is 0. The Bertz CT molecular complexity index is 98.0. The minimum absolute atomic E-state index is 1.10.